The van der Waals surface area contributed by atoms with Gasteiger partial charge in [0.25, 0.3) is 11.4 Å². The Bertz CT molecular complexity index is 3870. The Kier molecular flexibility index (Phi) is 10.7. The van der Waals surface area contributed by atoms with Crippen LogP contribution in [0.2, 0.25) is 0 Å². The maximum Gasteiger partial charge on any atom is 2.00 e. The largest absolute Gasteiger partial charge is 2.00 e. The van der Waals surface area contributed by atoms with Gasteiger partial charge in [-0.05, 0) is 103 Å². The average Bonchev–Trinajstić information content (AvgIpc) is 3.91. The van der Waals surface area contributed by atoms with Gasteiger partial charge in [-0.1, -0.05) is 149 Å². The molecule has 0 amide bonds. The number of hydrogen-bond acceptors (Lipinski definition) is 2. The maximum atomic E-state index is 14.4. The summed E-state index contributed by atoms with van der Waals surface area (Å²) in [5, 5.41) is 1.97. The van der Waals surface area contributed by atoms with E-state index in [4.69, 9.17) is 9.72 Å². The molecule has 1 aliphatic heterocycles. The van der Waals surface area contributed by atoms with Crippen molar-refractivity contribution in [3.63, 3.8) is 0 Å². The van der Waals surface area contributed by atoms with Gasteiger partial charge in [-0.15, -0.1) is 29.1 Å². The Labute approximate surface area is 427 Å². The van der Waals surface area contributed by atoms with Gasteiger partial charge in [0.2, 0.25) is 5.69 Å². The minimum Gasteiger partial charge on any atom is -0.509 e. The quantitative estimate of drug-likeness (QED) is 0.112. The van der Waals surface area contributed by atoms with Gasteiger partial charge in [0.05, 0.1) is 16.6 Å². The standard InChI is InChI=1S/C62H48F2N4O.Pt/c1-61(2,3)44-24-18-40(19-25-44)43-34-48(37-50(35-43)69-49-30-31-54-53-12-7-8-15-55(53)68(58(54)38-49)59-36-45(32-33-65-59)62(4,5)6)66-39-67(57-17-10-9-16-56(57)66)60-51(41-20-26-46(63)27-21-41)13-11-14-52(60)42-22-28-47(64)29-23-42;/h7-36H,1-6H3;/q;+2/i18D,19D,24D,25D;. The molecule has 5 nitrogen and oxygen atoms in total. The molecule has 344 valence electrons. The van der Waals surface area contributed by atoms with Gasteiger partial charge in [0.15, 0.2) is 0 Å². The molecule has 0 bridgehead atoms. The third-order valence-electron chi connectivity index (χ3n) is 12.5. The minimum atomic E-state index is -0.674. The van der Waals surface area contributed by atoms with E-state index in [1.807, 2.05) is 109 Å². The number of para-hydroxylation sites is 4. The van der Waals surface area contributed by atoms with Gasteiger partial charge in [0, 0.05) is 35.3 Å². The van der Waals surface area contributed by atoms with Gasteiger partial charge < -0.3 is 9.30 Å². The summed E-state index contributed by atoms with van der Waals surface area (Å²) < 4.78 is 78.8. The molecule has 10 aromatic rings. The zero-order valence-corrected chi connectivity index (χ0v) is 41.6. The minimum absolute atomic E-state index is 0. The summed E-state index contributed by atoms with van der Waals surface area (Å²) in [6.07, 6.45) is 1.83. The van der Waals surface area contributed by atoms with Crippen molar-refractivity contribution in [2.45, 2.75) is 52.4 Å². The molecule has 0 saturated carbocycles. The first kappa shape index (κ1) is 41.4. The summed E-state index contributed by atoms with van der Waals surface area (Å²) in [4.78, 5) is 4.84. The fourth-order valence-electron chi connectivity index (χ4n) is 8.89. The third kappa shape index (κ3) is 8.61. The molecule has 0 fully saturated rings. The molecule has 0 unspecified atom stereocenters. The van der Waals surface area contributed by atoms with Crippen LogP contribution in [0.1, 0.15) is 58.2 Å². The fourth-order valence-corrected chi connectivity index (χ4v) is 8.89. The first-order valence-electron chi connectivity index (χ1n) is 24.8. The second-order valence-electron chi connectivity index (χ2n) is 19.3. The van der Waals surface area contributed by atoms with Crippen molar-refractivity contribution in [3.8, 4) is 50.7 Å². The molecule has 70 heavy (non-hydrogen) atoms. The Morgan fingerprint density at radius 1 is 0.571 bits per heavy atom. The van der Waals surface area contributed by atoms with Crippen molar-refractivity contribution >= 4 is 50.6 Å². The summed E-state index contributed by atoms with van der Waals surface area (Å²) in [5.41, 5.74) is 8.35. The topological polar surface area (TPSA) is 33.1 Å². The Morgan fingerprint density at radius 2 is 1.19 bits per heavy atom. The molecule has 11 rings (SSSR count). The number of hydrogen-bond donors (Lipinski definition) is 0. The molecule has 3 heterocycles. The molecular weight excluding hydrogens is 1050 g/mol. The number of nitrogens with zero attached hydrogens (tertiary/aromatic N) is 4. The molecular formula is C62H48F2N4OPt+2. The summed E-state index contributed by atoms with van der Waals surface area (Å²) in [5.74, 6) is 0.562. The monoisotopic (exact) mass is 1100 g/mol. The van der Waals surface area contributed by atoms with Crippen LogP contribution in [-0.2, 0) is 31.9 Å². The number of ether oxygens (including phenoxy) is 1. The van der Waals surface area contributed by atoms with Crippen LogP contribution in [0.25, 0.3) is 61.0 Å². The van der Waals surface area contributed by atoms with E-state index in [1.165, 1.54) is 24.3 Å². The van der Waals surface area contributed by atoms with E-state index in [0.29, 0.717) is 33.9 Å². The van der Waals surface area contributed by atoms with Crippen LogP contribution in [0.5, 0.6) is 11.5 Å². The van der Waals surface area contributed by atoms with Crippen LogP contribution in [-0.4, -0.2) is 15.6 Å². The summed E-state index contributed by atoms with van der Waals surface area (Å²) in [6.45, 7) is 12.1. The molecule has 8 aromatic carbocycles. The van der Waals surface area contributed by atoms with Crippen LogP contribution in [0.15, 0.2) is 182 Å². The van der Waals surface area contributed by atoms with E-state index in [9.17, 15) is 14.3 Å². The Balaban J connectivity index is 0.00000626. The molecule has 0 radical (unpaired) electrons. The smallest absolute Gasteiger partial charge is 0.509 e. The van der Waals surface area contributed by atoms with E-state index < -0.39 is 5.41 Å². The zero-order chi connectivity index (χ0) is 51.1. The Hall–Kier alpha value is -7.56. The fraction of sp³-hybridized carbons (Fsp3) is 0.129. The maximum absolute atomic E-state index is 14.4. The van der Waals surface area contributed by atoms with Crippen molar-refractivity contribution in [1.29, 1.82) is 0 Å². The second kappa shape index (κ2) is 18.1. The SMILES string of the molecule is [2H]c1c([2H])c(C(C)(C)C)c([2H])c([2H])c1-c1cc(Oc2[c-]c3c(cc2)c2ccccc2n3-c2cc(C(C)(C)C)ccn2)[c-]c([N+]2=C=[N+](c3c(-c4ccc(F)cc4)cccc3-c3ccc(F)cc3)c3ccccc32)c1.[Pt+2]. The summed E-state index contributed by atoms with van der Waals surface area (Å²) in [6, 6.07) is 55.7. The van der Waals surface area contributed by atoms with E-state index in [1.54, 1.807) is 36.4 Å². The van der Waals surface area contributed by atoms with Crippen molar-refractivity contribution in [3.05, 3.63) is 217 Å². The molecule has 1 aliphatic rings. The van der Waals surface area contributed by atoms with Crippen molar-refractivity contribution in [2.75, 3.05) is 0 Å². The molecule has 0 saturated heterocycles. The van der Waals surface area contributed by atoms with E-state index >= 15 is 0 Å². The van der Waals surface area contributed by atoms with Gasteiger partial charge in [-0.2, -0.15) is 6.07 Å². The van der Waals surface area contributed by atoms with Gasteiger partial charge in [-0.25, -0.2) is 13.8 Å². The predicted octanol–water partition coefficient (Wildman–Crippen LogP) is 16.3. The van der Waals surface area contributed by atoms with Crippen LogP contribution < -0.4 is 13.9 Å². The van der Waals surface area contributed by atoms with Crippen LogP contribution >= 0.6 is 0 Å². The number of fused-ring (bicyclic) bond motifs is 4. The number of benzene rings is 8. The summed E-state index contributed by atoms with van der Waals surface area (Å²) in [7, 11) is 0. The number of aromatic nitrogens is 2. The van der Waals surface area contributed by atoms with Crippen LogP contribution in [0, 0.1) is 23.8 Å². The van der Waals surface area contributed by atoms with E-state index in [-0.39, 0.29) is 73.6 Å². The van der Waals surface area contributed by atoms with Gasteiger partial charge in [0.1, 0.15) is 23.1 Å². The molecule has 0 atom stereocenters. The van der Waals surface area contributed by atoms with E-state index in [2.05, 4.69) is 61.7 Å². The molecule has 0 N–H and O–H groups in total. The summed E-state index contributed by atoms with van der Waals surface area (Å²) >= 11 is 0. The number of pyridine rings is 1. The molecule has 0 aliphatic carbocycles. The Morgan fingerprint density at radius 3 is 1.83 bits per heavy atom. The third-order valence-corrected chi connectivity index (χ3v) is 12.5. The van der Waals surface area contributed by atoms with Crippen molar-refractivity contribution < 1.29 is 40.1 Å². The molecule has 2 aromatic heterocycles. The molecule has 0 spiro atoms. The zero-order valence-electron chi connectivity index (χ0n) is 43.3. The van der Waals surface area contributed by atoms with Crippen molar-refractivity contribution in [2.24, 2.45) is 0 Å². The van der Waals surface area contributed by atoms with Crippen LogP contribution in [0.3, 0.4) is 0 Å². The van der Waals surface area contributed by atoms with Gasteiger partial charge >= 0.3 is 27.1 Å². The van der Waals surface area contributed by atoms with E-state index in [0.717, 1.165) is 61.1 Å². The normalized spacial score (nSPS) is 13.2. The van der Waals surface area contributed by atoms with Gasteiger partial charge in [-0.3, -0.25) is 0 Å². The predicted molar refractivity (Wildman–Crippen MR) is 277 cm³/mol. The second-order valence-corrected chi connectivity index (χ2v) is 19.3. The number of halogens is 2. The first-order chi connectivity index (χ1) is 34.9. The number of rotatable bonds is 8. The van der Waals surface area contributed by atoms with Crippen LogP contribution in [0.4, 0.5) is 31.5 Å². The van der Waals surface area contributed by atoms with Crippen molar-refractivity contribution in [1.82, 2.24) is 18.7 Å². The molecule has 8 heteroatoms. The average molecular weight is 1100 g/mol. The first-order valence-corrected chi connectivity index (χ1v) is 22.8.